The molecule has 6 heteroatoms. The van der Waals surface area contributed by atoms with E-state index in [1.54, 1.807) is 10.7 Å². The molecule has 4 nitrogen and oxygen atoms in total. The second-order valence-electron chi connectivity index (χ2n) is 4.92. The van der Waals surface area contributed by atoms with Crippen molar-refractivity contribution in [3.8, 4) is 0 Å². The minimum absolute atomic E-state index is 0.0796. The van der Waals surface area contributed by atoms with Crippen molar-refractivity contribution < 1.29 is 4.79 Å². The number of aromatic nitrogens is 2. The molecule has 1 N–H and O–H groups in total. The zero-order chi connectivity index (χ0) is 15.6. The third-order valence-corrected chi connectivity index (χ3v) is 4.34. The van der Waals surface area contributed by atoms with Crippen LogP contribution >= 0.6 is 23.2 Å². The van der Waals surface area contributed by atoms with Gasteiger partial charge in [0.05, 0.1) is 23.0 Å². The third kappa shape index (κ3) is 3.57. The van der Waals surface area contributed by atoms with Crippen LogP contribution in [0.1, 0.15) is 23.4 Å². The number of rotatable bonds is 4. The molecule has 1 amide bonds. The van der Waals surface area contributed by atoms with Crippen LogP contribution in [0.25, 0.3) is 0 Å². The number of benzene rings is 1. The molecule has 0 aliphatic rings. The molecule has 2 rings (SSSR count). The fraction of sp³-hybridized carbons (Fsp3) is 0.333. The van der Waals surface area contributed by atoms with Crippen molar-refractivity contribution in [3.63, 3.8) is 0 Å². The van der Waals surface area contributed by atoms with E-state index in [4.69, 9.17) is 23.2 Å². The smallest absolute Gasteiger partial charge is 0.226 e. The number of aryl methyl sites for hydroxylation is 2. The van der Waals surface area contributed by atoms with Gasteiger partial charge in [0.2, 0.25) is 5.91 Å². The zero-order valence-electron chi connectivity index (χ0n) is 12.2. The van der Waals surface area contributed by atoms with E-state index in [1.165, 1.54) is 0 Å². The summed E-state index contributed by atoms with van der Waals surface area (Å²) in [7, 11) is 0. The summed E-state index contributed by atoms with van der Waals surface area (Å²) in [6, 6.07) is 5.44. The van der Waals surface area contributed by atoms with Crippen molar-refractivity contribution in [1.29, 1.82) is 0 Å². The Hall–Kier alpha value is -1.52. The van der Waals surface area contributed by atoms with Crippen molar-refractivity contribution in [1.82, 2.24) is 9.78 Å². The number of carbonyl (C=O) groups is 1. The molecule has 112 valence electrons. The van der Waals surface area contributed by atoms with E-state index in [0.29, 0.717) is 23.0 Å². The number of nitrogens with one attached hydrogen (secondary N) is 1. The first-order chi connectivity index (χ1) is 9.90. The van der Waals surface area contributed by atoms with Crippen LogP contribution in [0.15, 0.2) is 18.2 Å². The molecule has 1 aromatic heterocycles. The lowest BCUT2D eigenvalue weighted by Gasteiger charge is -2.10. The monoisotopic (exact) mass is 325 g/mol. The standard InChI is InChI=1S/C15H17Cl2N3O/c1-9-12(16)5-4-6-13(9)18-14(21)7-8-20-11(3)15(17)10(2)19-20/h4-6H,7-8H2,1-3H3,(H,18,21). The number of hydrogen-bond acceptors (Lipinski definition) is 2. The van der Waals surface area contributed by atoms with Gasteiger partial charge in [-0.2, -0.15) is 5.10 Å². The van der Waals surface area contributed by atoms with Crippen molar-refractivity contribution in [3.05, 3.63) is 45.2 Å². The van der Waals surface area contributed by atoms with Crippen LogP contribution in [0.5, 0.6) is 0 Å². The highest BCUT2D eigenvalue weighted by molar-refractivity contribution is 6.32. The normalized spacial score (nSPS) is 10.7. The highest BCUT2D eigenvalue weighted by Gasteiger charge is 2.11. The van der Waals surface area contributed by atoms with E-state index in [1.807, 2.05) is 32.9 Å². The molecule has 0 aliphatic carbocycles. The lowest BCUT2D eigenvalue weighted by atomic mass is 10.2. The Bertz CT molecular complexity index is 680. The number of anilines is 1. The molecule has 0 unspecified atom stereocenters. The van der Waals surface area contributed by atoms with Crippen LogP contribution in [0.4, 0.5) is 5.69 Å². The molecule has 0 radical (unpaired) electrons. The number of halogens is 2. The molecular weight excluding hydrogens is 309 g/mol. The van der Waals surface area contributed by atoms with Gasteiger partial charge in [0.15, 0.2) is 0 Å². The Morgan fingerprint density at radius 1 is 1.29 bits per heavy atom. The quantitative estimate of drug-likeness (QED) is 0.918. The van der Waals surface area contributed by atoms with Crippen LogP contribution in [0, 0.1) is 20.8 Å². The first-order valence-corrected chi connectivity index (χ1v) is 7.40. The van der Waals surface area contributed by atoms with Crippen molar-refractivity contribution in [2.75, 3.05) is 5.32 Å². The average Bonchev–Trinajstić information content (AvgIpc) is 2.69. The highest BCUT2D eigenvalue weighted by atomic mass is 35.5. The Morgan fingerprint density at radius 2 is 2.00 bits per heavy atom. The van der Waals surface area contributed by atoms with Gasteiger partial charge in [-0.3, -0.25) is 9.48 Å². The fourth-order valence-electron chi connectivity index (χ4n) is 2.06. The summed E-state index contributed by atoms with van der Waals surface area (Å²) in [4.78, 5) is 12.0. The first kappa shape index (κ1) is 15.9. The predicted molar refractivity (Wildman–Crippen MR) is 86.1 cm³/mol. The van der Waals surface area contributed by atoms with Gasteiger partial charge in [0.1, 0.15) is 0 Å². The SMILES string of the molecule is Cc1nn(CCC(=O)Nc2cccc(Cl)c2C)c(C)c1Cl. The van der Waals surface area contributed by atoms with Gasteiger partial charge in [-0.25, -0.2) is 0 Å². The highest BCUT2D eigenvalue weighted by Crippen LogP contribution is 2.23. The van der Waals surface area contributed by atoms with Crippen LogP contribution in [-0.4, -0.2) is 15.7 Å². The lowest BCUT2D eigenvalue weighted by molar-refractivity contribution is -0.116. The molecule has 0 fully saturated rings. The summed E-state index contributed by atoms with van der Waals surface area (Å²) < 4.78 is 1.75. The fourth-order valence-corrected chi connectivity index (χ4v) is 2.37. The molecule has 0 atom stereocenters. The van der Waals surface area contributed by atoms with Crippen molar-refractivity contribution >= 4 is 34.8 Å². The molecule has 0 saturated heterocycles. The molecule has 2 aromatic rings. The summed E-state index contributed by atoms with van der Waals surface area (Å²) in [6.45, 7) is 6.10. The van der Waals surface area contributed by atoms with E-state index >= 15 is 0 Å². The molecule has 0 spiro atoms. The van der Waals surface area contributed by atoms with Crippen LogP contribution < -0.4 is 5.32 Å². The largest absolute Gasteiger partial charge is 0.326 e. The summed E-state index contributed by atoms with van der Waals surface area (Å²) in [5, 5.41) is 8.46. The van der Waals surface area contributed by atoms with E-state index < -0.39 is 0 Å². The lowest BCUT2D eigenvalue weighted by Crippen LogP contribution is -2.16. The van der Waals surface area contributed by atoms with Gasteiger partial charge in [-0.05, 0) is 38.5 Å². The maximum Gasteiger partial charge on any atom is 0.226 e. The van der Waals surface area contributed by atoms with Gasteiger partial charge in [-0.15, -0.1) is 0 Å². The average molecular weight is 326 g/mol. The second kappa shape index (κ2) is 6.50. The Labute approximate surface area is 134 Å². The van der Waals surface area contributed by atoms with Crippen molar-refractivity contribution in [2.45, 2.75) is 33.7 Å². The minimum atomic E-state index is -0.0796. The summed E-state index contributed by atoms with van der Waals surface area (Å²) in [5.74, 6) is -0.0796. The van der Waals surface area contributed by atoms with Crippen LogP contribution in [0.3, 0.4) is 0 Å². The number of amides is 1. The molecular formula is C15H17Cl2N3O. The minimum Gasteiger partial charge on any atom is -0.326 e. The van der Waals surface area contributed by atoms with E-state index in [9.17, 15) is 4.79 Å². The number of nitrogens with zero attached hydrogens (tertiary/aromatic N) is 2. The number of carbonyl (C=O) groups excluding carboxylic acids is 1. The van der Waals surface area contributed by atoms with E-state index in [2.05, 4.69) is 10.4 Å². The van der Waals surface area contributed by atoms with Gasteiger partial charge < -0.3 is 5.32 Å². The first-order valence-electron chi connectivity index (χ1n) is 6.64. The maximum absolute atomic E-state index is 12.0. The van der Waals surface area contributed by atoms with E-state index in [0.717, 1.165) is 22.6 Å². The molecule has 0 bridgehead atoms. The summed E-state index contributed by atoms with van der Waals surface area (Å²) in [6.07, 6.45) is 0.324. The predicted octanol–water partition coefficient (Wildman–Crippen LogP) is 4.14. The topological polar surface area (TPSA) is 46.9 Å². The molecule has 1 heterocycles. The van der Waals surface area contributed by atoms with Gasteiger partial charge >= 0.3 is 0 Å². The Morgan fingerprint density at radius 3 is 2.62 bits per heavy atom. The van der Waals surface area contributed by atoms with Crippen LogP contribution in [0.2, 0.25) is 10.0 Å². The molecule has 0 saturated carbocycles. The van der Waals surface area contributed by atoms with Gasteiger partial charge in [0.25, 0.3) is 0 Å². The summed E-state index contributed by atoms with van der Waals surface area (Å²) >= 11 is 12.1. The summed E-state index contributed by atoms with van der Waals surface area (Å²) in [5.41, 5.74) is 3.25. The van der Waals surface area contributed by atoms with Crippen molar-refractivity contribution in [2.24, 2.45) is 0 Å². The number of hydrogen-bond donors (Lipinski definition) is 1. The third-order valence-electron chi connectivity index (χ3n) is 3.39. The maximum atomic E-state index is 12.0. The molecule has 0 aliphatic heterocycles. The van der Waals surface area contributed by atoms with Gasteiger partial charge in [0, 0.05) is 17.1 Å². The Kier molecular flexibility index (Phi) is 4.91. The Balaban J connectivity index is 1.99. The van der Waals surface area contributed by atoms with Crippen LogP contribution in [-0.2, 0) is 11.3 Å². The zero-order valence-corrected chi connectivity index (χ0v) is 13.7. The van der Waals surface area contributed by atoms with E-state index in [-0.39, 0.29) is 5.91 Å². The second-order valence-corrected chi connectivity index (χ2v) is 5.70. The molecule has 21 heavy (non-hydrogen) atoms. The molecule has 1 aromatic carbocycles. The van der Waals surface area contributed by atoms with Gasteiger partial charge in [-0.1, -0.05) is 29.3 Å².